The van der Waals surface area contributed by atoms with Crippen molar-refractivity contribution >= 4 is 12.1 Å². The van der Waals surface area contributed by atoms with Crippen molar-refractivity contribution < 1.29 is 9.53 Å². The minimum absolute atomic E-state index is 0.397. The van der Waals surface area contributed by atoms with Gasteiger partial charge in [0.2, 0.25) is 12.3 Å². The van der Waals surface area contributed by atoms with Gasteiger partial charge in [-0.25, -0.2) is 4.98 Å². The molecule has 1 aromatic carbocycles. The predicted molar refractivity (Wildman–Crippen MR) is 93.4 cm³/mol. The quantitative estimate of drug-likeness (QED) is 0.360. The molecule has 0 unspecified atom stereocenters. The van der Waals surface area contributed by atoms with Crippen molar-refractivity contribution in [3.05, 3.63) is 47.4 Å². The van der Waals surface area contributed by atoms with Crippen LogP contribution >= 0.6 is 0 Å². The number of hydrogen-bond acceptors (Lipinski definition) is 7. The van der Waals surface area contributed by atoms with Crippen LogP contribution < -0.4 is 26.2 Å². The van der Waals surface area contributed by atoms with Gasteiger partial charge in [0.15, 0.2) is 0 Å². The standard InChI is InChI=1S/C17H22N6O2/c1-12-17(19-9-8-18-12)25-10-15-14(13-6-7-13)4-3-5-16(15)23(2)22-21-20-11-24/h3-5,8-9,11,13,21-22H,6-7,10H2,1-2H3,(H,20,24). The molecule has 0 spiro atoms. The summed E-state index contributed by atoms with van der Waals surface area (Å²) in [5.74, 6) is 1.12. The third-order valence-electron chi connectivity index (χ3n) is 4.11. The lowest BCUT2D eigenvalue weighted by Crippen LogP contribution is -2.51. The fraction of sp³-hybridized carbons (Fsp3) is 0.353. The number of rotatable bonds is 9. The third kappa shape index (κ3) is 4.23. The molecule has 0 bridgehead atoms. The molecule has 0 radical (unpaired) electrons. The molecule has 0 atom stereocenters. The molecule has 1 fully saturated rings. The van der Waals surface area contributed by atoms with Crippen LogP contribution in [0.1, 0.15) is 35.6 Å². The number of nitrogens with one attached hydrogen (secondary N) is 3. The molecule has 1 aromatic heterocycles. The third-order valence-corrected chi connectivity index (χ3v) is 4.11. The maximum atomic E-state index is 10.4. The first kappa shape index (κ1) is 17.1. The van der Waals surface area contributed by atoms with Crippen LogP contribution in [0.3, 0.4) is 0 Å². The molecule has 0 aliphatic heterocycles. The number of carbonyl (C=O) groups is 1. The molecule has 1 aliphatic carbocycles. The van der Waals surface area contributed by atoms with Gasteiger partial charge < -0.3 is 4.74 Å². The highest BCUT2D eigenvalue weighted by Crippen LogP contribution is 2.43. The van der Waals surface area contributed by atoms with Crippen molar-refractivity contribution in [3.63, 3.8) is 0 Å². The highest BCUT2D eigenvalue weighted by Gasteiger charge is 2.28. The number of amides is 1. The molecule has 3 rings (SSSR count). The van der Waals surface area contributed by atoms with E-state index in [0.717, 1.165) is 16.9 Å². The van der Waals surface area contributed by atoms with Gasteiger partial charge in [0, 0.05) is 25.0 Å². The Labute approximate surface area is 146 Å². The van der Waals surface area contributed by atoms with E-state index in [-0.39, 0.29) is 0 Å². The van der Waals surface area contributed by atoms with Gasteiger partial charge in [-0.05, 0) is 37.3 Å². The molecule has 8 nitrogen and oxygen atoms in total. The predicted octanol–water partition coefficient (Wildman–Crippen LogP) is 1.35. The fourth-order valence-electron chi connectivity index (χ4n) is 2.72. The Morgan fingerprint density at radius 3 is 2.84 bits per heavy atom. The number of anilines is 1. The van der Waals surface area contributed by atoms with Crippen LogP contribution in [0.15, 0.2) is 30.6 Å². The summed E-state index contributed by atoms with van der Waals surface area (Å²) in [6, 6.07) is 6.18. The second-order valence-corrected chi connectivity index (χ2v) is 5.91. The topological polar surface area (TPSA) is 91.4 Å². The molecule has 8 heteroatoms. The van der Waals surface area contributed by atoms with Crippen LogP contribution in [0.25, 0.3) is 0 Å². The minimum atomic E-state index is 0.397. The Kier molecular flexibility index (Phi) is 5.42. The average molecular weight is 342 g/mol. The molecule has 2 aromatic rings. The number of hydrogen-bond donors (Lipinski definition) is 3. The first-order valence-electron chi connectivity index (χ1n) is 8.16. The Morgan fingerprint density at radius 1 is 1.32 bits per heavy atom. The first-order valence-corrected chi connectivity index (χ1v) is 8.16. The van der Waals surface area contributed by atoms with Gasteiger partial charge in [-0.3, -0.25) is 20.2 Å². The summed E-state index contributed by atoms with van der Waals surface area (Å²) < 4.78 is 5.94. The number of benzene rings is 1. The highest BCUT2D eigenvalue weighted by molar-refractivity contribution is 5.57. The van der Waals surface area contributed by atoms with Crippen molar-refractivity contribution in [2.75, 3.05) is 12.1 Å². The molecule has 25 heavy (non-hydrogen) atoms. The molecule has 1 aliphatic rings. The Balaban J connectivity index is 1.82. The van der Waals surface area contributed by atoms with E-state index in [1.165, 1.54) is 18.4 Å². The SMILES string of the molecule is Cc1nccnc1OCc1c(C2CC2)cccc1N(C)NNNC=O. The van der Waals surface area contributed by atoms with Crippen LogP contribution in [-0.4, -0.2) is 23.4 Å². The summed E-state index contributed by atoms with van der Waals surface area (Å²) >= 11 is 0. The number of aromatic nitrogens is 2. The van der Waals surface area contributed by atoms with E-state index in [1.54, 1.807) is 17.4 Å². The molecule has 1 amide bonds. The summed E-state index contributed by atoms with van der Waals surface area (Å²) in [5, 5.41) is 1.80. The number of nitrogens with zero attached hydrogens (tertiary/aromatic N) is 3. The normalized spacial score (nSPS) is 13.4. The monoisotopic (exact) mass is 342 g/mol. The maximum absolute atomic E-state index is 10.4. The van der Waals surface area contributed by atoms with Crippen LogP contribution in [0.4, 0.5) is 5.69 Å². The van der Waals surface area contributed by atoms with E-state index in [4.69, 9.17) is 4.74 Å². The lowest BCUT2D eigenvalue weighted by Gasteiger charge is -2.25. The van der Waals surface area contributed by atoms with Crippen LogP contribution in [-0.2, 0) is 11.4 Å². The van der Waals surface area contributed by atoms with Crippen LogP contribution in [0, 0.1) is 6.92 Å². The molecular weight excluding hydrogens is 320 g/mol. The lowest BCUT2D eigenvalue weighted by atomic mass is 10.0. The molecule has 1 heterocycles. The van der Waals surface area contributed by atoms with Gasteiger partial charge >= 0.3 is 0 Å². The van der Waals surface area contributed by atoms with E-state index in [9.17, 15) is 4.79 Å². The van der Waals surface area contributed by atoms with Crippen molar-refractivity contribution in [3.8, 4) is 5.88 Å². The fourth-order valence-corrected chi connectivity index (χ4v) is 2.72. The largest absolute Gasteiger partial charge is 0.471 e. The Hall–Kier alpha value is -2.71. The second kappa shape index (κ2) is 7.91. The van der Waals surface area contributed by atoms with Gasteiger partial charge in [-0.15, -0.1) is 0 Å². The molecule has 3 N–H and O–H groups in total. The van der Waals surface area contributed by atoms with Gasteiger partial charge in [0.25, 0.3) is 0 Å². The first-order chi connectivity index (χ1) is 12.2. The smallest absolute Gasteiger partial charge is 0.235 e. The van der Waals surface area contributed by atoms with Crippen LogP contribution in [0.5, 0.6) is 5.88 Å². The number of hydrazine groups is 3. The van der Waals surface area contributed by atoms with E-state index >= 15 is 0 Å². The van der Waals surface area contributed by atoms with E-state index in [2.05, 4.69) is 32.5 Å². The van der Waals surface area contributed by atoms with Crippen molar-refractivity contribution in [2.24, 2.45) is 0 Å². The maximum Gasteiger partial charge on any atom is 0.235 e. The zero-order valence-electron chi connectivity index (χ0n) is 14.3. The molecule has 0 saturated heterocycles. The van der Waals surface area contributed by atoms with Crippen molar-refractivity contribution in [1.29, 1.82) is 0 Å². The highest BCUT2D eigenvalue weighted by atomic mass is 16.5. The lowest BCUT2D eigenvalue weighted by molar-refractivity contribution is -0.110. The van der Waals surface area contributed by atoms with Gasteiger partial charge in [0.1, 0.15) is 6.61 Å². The zero-order chi connectivity index (χ0) is 17.6. The van der Waals surface area contributed by atoms with E-state index in [1.807, 2.05) is 26.1 Å². The van der Waals surface area contributed by atoms with E-state index < -0.39 is 0 Å². The average Bonchev–Trinajstić information content (AvgIpc) is 3.46. The van der Waals surface area contributed by atoms with Crippen molar-refractivity contribution in [2.45, 2.75) is 32.3 Å². The molecule has 1 saturated carbocycles. The summed E-state index contributed by atoms with van der Waals surface area (Å²) in [5.41, 5.74) is 12.0. The van der Waals surface area contributed by atoms with Crippen molar-refractivity contribution in [1.82, 2.24) is 26.5 Å². The van der Waals surface area contributed by atoms with Gasteiger partial charge in [-0.2, -0.15) is 11.1 Å². The molecular formula is C17H22N6O2. The minimum Gasteiger partial charge on any atom is -0.471 e. The molecule has 132 valence electrons. The Morgan fingerprint density at radius 2 is 2.12 bits per heavy atom. The number of aryl methyl sites for hydroxylation is 1. The Bertz CT molecular complexity index is 735. The van der Waals surface area contributed by atoms with Gasteiger partial charge in [0.05, 0.1) is 11.4 Å². The summed E-state index contributed by atoms with van der Waals surface area (Å²) in [7, 11) is 1.86. The summed E-state index contributed by atoms with van der Waals surface area (Å²) in [4.78, 5) is 18.8. The second-order valence-electron chi connectivity index (χ2n) is 5.91. The summed E-state index contributed by atoms with van der Waals surface area (Å²) in [6.07, 6.45) is 6.22. The summed E-state index contributed by atoms with van der Waals surface area (Å²) in [6.45, 7) is 2.27. The van der Waals surface area contributed by atoms with Gasteiger partial charge in [-0.1, -0.05) is 12.1 Å². The van der Waals surface area contributed by atoms with E-state index in [0.29, 0.717) is 24.8 Å². The number of ether oxygens (including phenoxy) is 1. The van der Waals surface area contributed by atoms with Crippen LogP contribution in [0.2, 0.25) is 0 Å². The zero-order valence-corrected chi connectivity index (χ0v) is 14.3. The number of carbonyl (C=O) groups excluding carboxylic acids is 1.